The number of alkyl halides is 4. The van der Waals surface area contributed by atoms with Gasteiger partial charge in [-0.15, -0.1) is 24.5 Å². The third-order valence-electron chi connectivity index (χ3n) is 12.0. The number of carbonyl (C=O) groups excluding carboxylic acids is 4. The van der Waals surface area contributed by atoms with E-state index < -0.39 is 62.7 Å². The minimum atomic E-state index is -4.76. The van der Waals surface area contributed by atoms with Crippen LogP contribution < -0.4 is 15.7 Å². The number of fused-ring (bicyclic) bond motifs is 1. The van der Waals surface area contributed by atoms with E-state index in [4.69, 9.17) is 4.74 Å². The van der Waals surface area contributed by atoms with Crippen LogP contribution >= 0.6 is 19.3 Å². The highest BCUT2D eigenvalue weighted by atomic mass is 32.1. The molecule has 3 amide bonds. The number of amides is 3. The Labute approximate surface area is 358 Å². The Morgan fingerprint density at radius 3 is 2.49 bits per heavy atom. The molecule has 3 N–H and O–H groups in total. The summed E-state index contributed by atoms with van der Waals surface area (Å²) in [4.78, 5) is 58.6. The number of halogens is 4. The Kier molecular flexibility index (Phi) is 15.6. The zero-order chi connectivity index (χ0) is 43.9. The first-order valence-electron chi connectivity index (χ1n) is 21.0. The summed E-state index contributed by atoms with van der Waals surface area (Å²) in [6, 6.07) is 13.0. The van der Waals surface area contributed by atoms with Gasteiger partial charge in [0.2, 0.25) is 11.8 Å². The minimum absolute atomic E-state index is 0.00746. The molecule has 2 unspecified atom stereocenters. The van der Waals surface area contributed by atoms with Crippen molar-refractivity contribution in [1.82, 2.24) is 25.5 Å². The van der Waals surface area contributed by atoms with Gasteiger partial charge in [0.1, 0.15) is 18.1 Å². The average Bonchev–Trinajstić information content (AvgIpc) is 3.72. The molecule has 6 rings (SSSR count). The first-order chi connectivity index (χ1) is 29.1. The van der Waals surface area contributed by atoms with Gasteiger partial charge in [-0.25, -0.2) is 0 Å². The fourth-order valence-corrected chi connectivity index (χ4v) is 10.4. The zero-order valence-electron chi connectivity index (χ0n) is 34.7. The van der Waals surface area contributed by atoms with Gasteiger partial charge in [0.15, 0.2) is 0 Å². The molecule has 3 aliphatic rings. The van der Waals surface area contributed by atoms with Crippen LogP contribution in [0.5, 0.6) is 0 Å². The van der Waals surface area contributed by atoms with Crippen molar-refractivity contribution in [3.63, 3.8) is 0 Å². The monoisotopic (exact) mass is 892 g/mol. The van der Waals surface area contributed by atoms with Gasteiger partial charge in [0, 0.05) is 40.9 Å². The van der Waals surface area contributed by atoms with E-state index in [2.05, 4.69) is 32.6 Å². The summed E-state index contributed by atoms with van der Waals surface area (Å²) in [5.74, 6) is -3.69. The molecule has 12 nitrogen and oxygen atoms in total. The summed E-state index contributed by atoms with van der Waals surface area (Å²) in [5, 5.41) is 8.84. The fourth-order valence-electron chi connectivity index (χ4n) is 8.41. The molecular weight excluding hydrogens is 838 g/mol. The highest BCUT2D eigenvalue weighted by Crippen LogP contribution is 2.54. The lowest BCUT2D eigenvalue weighted by Gasteiger charge is -2.30. The molecule has 1 aromatic heterocycles. The van der Waals surface area contributed by atoms with Gasteiger partial charge in [-0.1, -0.05) is 61.3 Å². The summed E-state index contributed by atoms with van der Waals surface area (Å²) in [5.41, 5.74) is 1.000. The number of hydrogen-bond acceptors (Lipinski definition) is 9. The van der Waals surface area contributed by atoms with Gasteiger partial charge in [0.25, 0.3) is 5.91 Å². The number of ether oxygens (including phenoxy) is 2. The summed E-state index contributed by atoms with van der Waals surface area (Å²) in [6.45, 7) is 3.43. The summed E-state index contributed by atoms with van der Waals surface area (Å²) in [6.07, 6.45) is 1.19. The summed E-state index contributed by atoms with van der Waals surface area (Å²) >= 11 is 1.12. The number of nitrogens with zero attached hydrogens (tertiary/aromatic N) is 2. The third-order valence-corrected chi connectivity index (χ3v) is 14.4. The van der Waals surface area contributed by atoms with Crippen molar-refractivity contribution in [3.05, 3.63) is 70.6 Å². The van der Waals surface area contributed by atoms with Crippen LogP contribution in [0.15, 0.2) is 54.6 Å². The summed E-state index contributed by atoms with van der Waals surface area (Å²) in [7, 11) is -1.01. The van der Waals surface area contributed by atoms with Gasteiger partial charge >= 0.3 is 26.2 Å². The van der Waals surface area contributed by atoms with Crippen LogP contribution in [-0.4, -0.2) is 103 Å². The molecule has 3 heterocycles. The number of nitrogens with one attached hydrogen (secondary N) is 3. The highest BCUT2D eigenvalue weighted by Gasteiger charge is 2.57. The molecule has 3 fully saturated rings. The molecule has 0 radical (unpaired) electrons. The minimum Gasteiger partial charge on any atom is -0.464 e. The number of hydrogen-bond donors (Lipinski definition) is 3. The van der Waals surface area contributed by atoms with Crippen molar-refractivity contribution in [2.45, 2.75) is 126 Å². The molecule has 332 valence electrons. The van der Waals surface area contributed by atoms with E-state index in [-0.39, 0.29) is 53.4 Å². The Bertz CT molecular complexity index is 2040. The SMILES string of the molecule is CCCOC(=O)[C@H](C)N[P+](=O)[C@@H](F)c1ccc2sc(C(=O)N[C@H]3CC[C@H](N(C)CCOC(F)(F)F)CCCCC(C(=O)N4C[C@H](c5ccccc5)CC45CC5)NC3=O)cc2c1. The first-order valence-corrected chi connectivity index (χ1v) is 23.2. The van der Waals surface area contributed by atoms with Gasteiger partial charge < -0.3 is 25.2 Å². The van der Waals surface area contributed by atoms with Gasteiger partial charge in [-0.2, -0.15) is 4.39 Å². The smallest absolute Gasteiger partial charge is 0.464 e. The van der Waals surface area contributed by atoms with Crippen molar-refractivity contribution in [3.8, 4) is 0 Å². The number of benzene rings is 2. The van der Waals surface area contributed by atoms with E-state index in [1.165, 1.54) is 24.6 Å². The van der Waals surface area contributed by atoms with E-state index in [1.807, 2.05) is 30.0 Å². The van der Waals surface area contributed by atoms with Crippen molar-refractivity contribution in [2.75, 3.05) is 33.4 Å². The molecule has 3 aromatic rings. The third kappa shape index (κ3) is 12.1. The van der Waals surface area contributed by atoms with E-state index in [0.29, 0.717) is 55.2 Å². The first kappa shape index (κ1) is 46.5. The molecule has 1 aliphatic carbocycles. The zero-order valence-corrected chi connectivity index (χ0v) is 36.4. The Morgan fingerprint density at radius 2 is 1.79 bits per heavy atom. The van der Waals surface area contributed by atoms with Crippen LogP contribution in [-0.2, 0) is 28.4 Å². The molecule has 1 spiro atoms. The largest absolute Gasteiger partial charge is 0.522 e. The van der Waals surface area contributed by atoms with Crippen LogP contribution in [0.25, 0.3) is 10.1 Å². The molecule has 61 heavy (non-hydrogen) atoms. The molecule has 1 saturated carbocycles. The van der Waals surface area contributed by atoms with Gasteiger partial charge in [-0.05, 0) is 99.1 Å². The second-order valence-corrected chi connectivity index (χ2v) is 18.9. The predicted molar refractivity (Wildman–Crippen MR) is 224 cm³/mol. The Balaban J connectivity index is 1.18. The molecule has 7 atom stereocenters. The summed E-state index contributed by atoms with van der Waals surface area (Å²) < 4.78 is 76.4. The van der Waals surface area contributed by atoms with E-state index in [1.54, 1.807) is 24.1 Å². The maximum absolute atomic E-state index is 15.4. The van der Waals surface area contributed by atoms with E-state index in [9.17, 15) is 36.9 Å². The van der Waals surface area contributed by atoms with Crippen LogP contribution in [0.1, 0.15) is 111 Å². The predicted octanol–water partition coefficient (Wildman–Crippen LogP) is 7.87. The number of likely N-dealkylation sites (N-methyl/N-ethyl adjacent to an activating group) is 1. The van der Waals surface area contributed by atoms with E-state index >= 15 is 4.39 Å². The van der Waals surface area contributed by atoms with Crippen LogP contribution in [0.2, 0.25) is 0 Å². The quantitative estimate of drug-likeness (QED) is 0.0789. The lowest BCUT2D eigenvalue weighted by molar-refractivity contribution is -0.325. The number of carbonyl (C=O) groups is 4. The molecule has 2 saturated heterocycles. The topological polar surface area (TPSA) is 146 Å². The number of esters is 1. The molecule has 2 aliphatic heterocycles. The number of likely N-dealkylation sites (tertiary alicyclic amines) is 1. The number of thiophene rings is 1. The van der Waals surface area contributed by atoms with Gasteiger partial charge in [0.05, 0.1) is 18.1 Å². The average molecular weight is 893 g/mol. The van der Waals surface area contributed by atoms with Gasteiger partial charge in [-0.3, -0.25) is 23.9 Å². The van der Waals surface area contributed by atoms with Crippen LogP contribution in [0.4, 0.5) is 17.6 Å². The fraction of sp³-hybridized carbons (Fsp3) is 0.581. The molecule has 0 bridgehead atoms. The molecule has 18 heteroatoms. The Morgan fingerprint density at radius 1 is 1.05 bits per heavy atom. The lowest BCUT2D eigenvalue weighted by atomic mass is 9.96. The van der Waals surface area contributed by atoms with Crippen molar-refractivity contribution < 1.29 is 50.8 Å². The van der Waals surface area contributed by atoms with Crippen molar-refractivity contribution in [1.29, 1.82) is 0 Å². The maximum atomic E-state index is 15.4. The standard InChI is InChI=1S/C43H54F4N5O7PS/c1-4-21-58-41(56)27(2)50-60(57)37(44)29-14-17-35-30(23-29)24-36(61-35)39(54)48-33-16-15-32(51(3)20-22-59-43(45,46)47)12-8-9-13-34(49-38(33)53)40(55)52-26-31(25-42(52)18-19-42)28-10-6-5-7-11-28/h5-7,10-11,14,17,23-24,27,31-34,37H,4,8-9,12-13,15-16,18-22,25-26H2,1-3H3,(H2-,48,49,50,53,54,57)/p+1/t27-,31+,32+,33-,34?,37+/m0/s1. The van der Waals surface area contributed by atoms with Crippen molar-refractivity contribution in [2.24, 2.45) is 0 Å². The highest BCUT2D eigenvalue weighted by molar-refractivity contribution is 7.42. The second-order valence-electron chi connectivity index (χ2n) is 16.5. The molecule has 2 aromatic carbocycles. The van der Waals surface area contributed by atoms with Crippen LogP contribution in [0, 0.1) is 0 Å². The normalized spacial score (nSPS) is 23.2. The maximum Gasteiger partial charge on any atom is 0.522 e. The van der Waals surface area contributed by atoms with Crippen molar-refractivity contribution >= 4 is 53.1 Å². The number of rotatable bonds is 15. The second kappa shape index (κ2) is 20.4. The molecular formula is C43H55F4N5O7PS+. The van der Waals surface area contributed by atoms with E-state index in [0.717, 1.165) is 30.6 Å². The Hall–Kier alpha value is -4.02. The van der Waals surface area contributed by atoms with Crippen LogP contribution in [0.3, 0.4) is 0 Å². The lowest BCUT2D eigenvalue weighted by Crippen LogP contribution is -2.55.